The van der Waals surface area contributed by atoms with E-state index in [1.54, 1.807) is 0 Å². The molecular formula is C12H20N4. The Hall–Kier alpha value is -1.45. The van der Waals surface area contributed by atoms with Crippen LogP contribution < -0.4 is 11.1 Å². The van der Waals surface area contributed by atoms with Crippen molar-refractivity contribution >= 4 is 11.5 Å². The molecule has 0 amide bonds. The maximum atomic E-state index is 6.10. The number of rotatable bonds is 4. The van der Waals surface area contributed by atoms with Crippen LogP contribution in [0.2, 0.25) is 0 Å². The zero-order chi connectivity index (χ0) is 11.5. The highest BCUT2D eigenvalue weighted by Gasteiger charge is 2.17. The van der Waals surface area contributed by atoms with Crippen LogP contribution in [0.25, 0.3) is 0 Å². The van der Waals surface area contributed by atoms with Gasteiger partial charge in [-0.05, 0) is 19.3 Å². The largest absolute Gasteiger partial charge is 0.394 e. The molecule has 4 nitrogen and oxygen atoms in total. The van der Waals surface area contributed by atoms with Gasteiger partial charge in [-0.25, -0.2) is 0 Å². The lowest BCUT2D eigenvalue weighted by Crippen LogP contribution is -2.18. The Balaban J connectivity index is 2.13. The van der Waals surface area contributed by atoms with Gasteiger partial charge in [0.1, 0.15) is 5.82 Å². The third-order valence-electron chi connectivity index (χ3n) is 3.00. The van der Waals surface area contributed by atoms with Crippen LogP contribution in [0.5, 0.6) is 0 Å². The van der Waals surface area contributed by atoms with Gasteiger partial charge in [0.05, 0.1) is 11.4 Å². The molecule has 1 aromatic rings. The van der Waals surface area contributed by atoms with Gasteiger partial charge in [-0.2, -0.15) is 5.10 Å². The summed E-state index contributed by atoms with van der Waals surface area (Å²) in [7, 11) is 1.94. The molecule has 0 saturated heterocycles. The van der Waals surface area contributed by atoms with E-state index in [1.807, 2.05) is 11.7 Å². The quantitative estimate of drug-likeness (QED) is 0.764. The van der Waals surface area contributed by atoms with E-state index in [-0.39, 0.29) is 0 Å². The highest BCUT2D eigenvalue weighted by atomic mass is 15.3. The zero-order valence-corrected chi connectivity index (χ0v) is 10.0. The van der Waals surface area contributed by atoms with E-state index in [0.717, 1.165) is 42.9 Å². The lowest BCUT2D eigenvalue weighted by Gasteiger charge is -2.14. The van der Waals surface area contributed by atoms with Gasteiger partial charge in [-0.3, -0.25) is 4.68 Å². The fourth-order valence-electron chi connectivity index (χ4n) is 2.12. The van der Waals surface area contributed by atoms with Crippen LogP contribution >= 0.6 is 0 Å². The van der Waals surface area contributed by atoms with Gasteiger partial charge in [-0.1, -0.05) is 25.5 Å². The normalized spacial score (nSPS) is 15.9. The third kappa shape index (κ3) is 2.05. The van der Waals surface area contributed by atoms with Crippen molar-refractivity contribution in [3.63, 3.8) is 0 Å². The first-order valence-electron chi connectivity index (χ1n) is 5.95. The molecule has 4 heteroatoms. The van der Waals surface area contributed by atoms with Gasteiger partial charge in [0.25, 0.3) is 0 Å². The number of nitrogens with zero attached hydrogens (tertiary/aromatic N) is 2. The predicted octanol–water partition coefficient (Wildman–Crippen LogP) is 2.09. The molecule has 0 spiro atoms. The molecule has 16 heavy (non-hydrogen) atoms. The minimum Gasteiger partial charge on any atom is -0.394 e. The summed E-state index contributed by atoms with van der Waals surface area (Å²) in [4.78, 5) is 0. The van der Waals surface area contributed by atoms with Crippen LogP contribution in [0.15, 0.2) is 12.2 Å². The molecule has 0 fully saturated rings. The van der Waals surface area contributed by atoms with E-state index in [9.17, 15) is 0 Å². The molecular weight excluding hydrogens is 200 g/mol. The first-order valence-corrected chi connectivity index (χ1v) is 5.95. The summed E-state index contributed by atoms with van der Waals surface area (Å²) in [5.74, 6) is 0.970. The average molecular weight is 220 g/mol. The standard InChI is InChI=1S/C12H20N4/c1-3-6-10-11(13)12(16(2)15-10)14-9-7-4-5-8-9/h4-5,9,14H,3,6-8,13H2,1-2H3. The van der Waals surface area contributed by atoms with Crippen molar-refractivity contribution in [1.82, 2.24) is 9.78 Å². The van der Waals surface area contributed by atoms with Gasteiger partial charge in [0.2, 0.25) is 0 Å². The lowest BCUT2D eigenvalue weighted by molar-refractivity contribution is 0.711. The second kappa shape index (κ2) is 4.60. The molecule has 0 bridgehead atoms. The second-order valence-electron chi connectivity index (χ2n) is 4.37. The van der Waals surface area contributed by atoms with Crippen molar-refractivity contribution in [3.8, 4) is 0 Å². The Morgan fingerprint density at radius 2 is 2.19 bits per heavy atom. The molecule has 0 aromatic carbocycles. The van der Waals surface area contributed by atoms with Gasteiger partial charge < -0.3 is 11.1 Å². The molecule has 1 aromatic heterocycles. The Labute approximate surface area is 96.5 Å². The molecule has 1 aliphatic rings. The van der Waals surface area contributed by atoms with Crippen molar-refractivity contribution in [2.45, 2.75) is 38.6 Å². The molecule has 2 rings (SSSR count). The topological polar surface area (TPSA) is 55.9 Å². The number of aromatic nitrogens is 2. The maximum absolute atomic E-state index is 6.10. The van der Waals surface area contributed by atoms with E-state index in [1.165, 1.54) is 0 Å². The molecule has 1 aliphatic carbocycles. The number of nitrogen functional groups attached to an aromatic ring is 1. The lowest BCUT2D eigenvalue weighted by atomic mass is 10.2. The Morgan fingerprint density at radius 3 is 2.81 bits per heavy atom. The molecule has 0 atom stereocenters. The van der Waals surface area contributed by atoms with E-state index < -0.39 is 0 Å². The fourth-order valence-corrected chi connectivity index (χ4v) is 2.12. The minimum atomic E-state index is 0.479. The average Bonchev–Trinajstić information content (AvgIpc) is 2.84. The smallest absolute Gasteiger partial charge is 0.148 e. The number of nitrogens with one attached hydrogen (secondary N) is 1. The molecule has 3 N–H and O–H groups in total. The SMILES string of the molecule is CCCc1nn(C)c(NC2CC=CC2)c1N. The minimum absolute atomic E-state index is 0.479. The first-order chi connectivity index (χ1) is 7.72. The molecule has 88 valence electrons. The van der Waals surface area contributed by atoms with E-state index in [0.29, 0.717) is 6.04 Å². The van der Waals surface area contributed by atoms with Gasteiger partial charge in [0.15, 0.2) is 0 Å². The van der Waals surface area contributed by atoms with Crippen LogP contribution in [0.4, 0.5) is 11.5 Å². The Bertz CT molecular complexity index is 384. The number of hydrogen-bond acceptors (Lipinski definition) is 3. The Morgan fingerprint density at radius 1 is 1.50 bits per heavy atom. The summed E-state index contributed by atoms with van der Waals surface area (Å²) in [6.07, 6.45) is 8.59. The number of aryl methyl sites for hydroxylation is 2. The number of hydrogen-bond donors (Lipinski definition) is 2. The Kier molecular flexibility index (Phi) is 3.17. The van der Waals surface area contributed by atoms with Gasteiger partial charge in [-0.15, -0.1) is 0 Å². The monoisotopic (exact) mass is 220 g/mol. The summed E-state index contributed by atoms with van der Waals surface area (Å²) in [5, 5.41) is 7.92. The summed E-state index contributed by atoms with van der Waals surface area (Å²) in [6.45, 7) is 2.14. The maximum Gasteiger partial charge on any atom is 0.148 e. The van der Waals surface area contributed by atoms with Crippen molar-refractivity contribution in [2.75, 3.05) is 11.1 Å². The van der Waals surface area contributed by atoms with Crippen LogP contribution in [-0.2, 0) is 13.5 Å². The molecule has 1 heterocycles. The van der Waals surface area contributed by atoms with Crippen LogP contribution in [0.1, 0.15) is 31.9 Å². The number of nitrogens with two attached hydrogens (primary N) is 1. The number of anilines is 2. The zero-order valence-electron chi connectivity index (χ0n) is 10.0. The summed E-state index contributed by atoms with van der Waals surface area (Å²) >= 11 is 0. The highest BCUT2D eigenvalue weighted by molar-refractivity contribution is 5.65. The van der Waals surface area contributed by atoms with Gasteiger partial charge >= 0.3 is 0 Å². The van der Waals surface area contributed by atoms with Crippen molar-refractivity contribution in [3.05, 3.63) is 17.8 Å². The summed E-state index contributed by atoms with van der Waals surface area (Å²) in [6, 6.07) is 0.479. The summed E-state index contributed by atoms with van der Waals surface area (Å²) < 4.78 is 1.86. The fraction of sp³-hybridized carbons (Fsp3) is 0.583. The first kappa shape index (κ1) is 11.0. The molecule has 0 aliphatic heterocycles. The van der Waals surface area contributed by atoms with Crippen LogP contribution in [0.3, 0.4) is 0 Å². The third-order valence-corrected chi connectivity index (χ3v) is 3.00. The second-order valence-corrected chi connectivity index (χ2v) is 4.37. The summed E-state index contributed by atoms with van der Waals surface area (Å²) in [5.41, 5.74) is 7.93. The van der Waals surface area contributed by atoms with E-state index >= 15 is 0 Å². The highest BCUT2D eigenvalue weighted by Crippen LogP contribution is 2.25. The van der Waals surface area contributed by atoms with Gasteiger partial charge in [0, 0.05) is 13.1 Å². The van der Waals surface area contributed by atoms with E-state index in [2.05, 4.69) is 29.5 Å². The van der Waals surface area contributed by atoms with Crippen molar-refractivity contribution in [1.29, 1.82) is 0 Å². The van der Waals surface area contributed by atoms with E-state index in [4.69, 9.17) is 5.73 Å². The molecule has 0 radical (unpaired) electrons. The van der Waals surface area contributed by atoms with Crippen LogP contribution in [-0.4, -0.2) is 15.8 Å². The molecule has 0 saturated carbocycles. The van der Waals surface area contributed by atoms with Crippen molar-refractivity contribution < 1.29 is 0 Å². The molecule has 0 unspecified atom stereocenters. The predicted molar refractivity (Wildman–Crippen MR) is 67.4 cm³/mol. The van der Waals surface area contributed by atoms with Crippen LogP contribution in [0, 0.1) is 0 Å². The van der Waals surface area contributed by atoms with Crippen molar-refractivity contribution in [2.24, 2.45) is 7.05 Å².